The van der Waals surface area contributed by atoms with Gasteiger partial charge < -0.3 is 5.32 Å². The molecule has 1 spiro atoms. The monoisotopic (exact) mass is 255 g/mol. The van der Waals surface area contributed by atoms with Gasteiger partial charge in [-0.2, -0.15) is 13.2 Å². The van der Waals surface area contributed by atoms with Crippen LogP contribution in [0, 0.1) is 0 Å². The number of halogens is 3. The average molecular weight is 255 g/mol. The van der Waals surface area contributed by atoms with Gasteiger partial charge in [-0.15, -0.1) is 0 Å². The van der Waals surface area contributed by atoms with Gasteiger partial charge in [-0.25, -0.2) is 0 Å². The maximum Gasteiger partial charge on any atom is 0.416 e. The van der Waals surface area contributed by atoms with E-state index in [0.29, 0.717) is 18.5 Å². The number of hydrogen-bond acceptors (Lipinski definition) is 1. The minimum absolute atomic E-state index is 0.0692. The smallest absolute Gasteiger partial charge is 0.355 e. The maximum atomic E-state index is 12.7. The van der Waals surface area contributed by atoms with Gasteiger partial charge in [0, 0.05) is 18.4 Å². The third-order valence-corrected chi connectivity index (χ3v) is 4.00. The molecular formula is C13H12F3NO. The van der Waals surface area contributed by atoms with E-state index in [0.717, 1.165) is 24.5 Å². The number of alkyl halides is 3. The lowest BCUT2D eigenvalue weighted by Crippen LogP contribution is -2.26. The van der Waals surface area contributed by atoms with E-state index in [4.69, 9.17) is 0 Å². The summed E-state index contributed by atoms with van der Waals surface area (Å²) in [7, 11) is 0. The summed E-state index contributed by atoms with van der Waals surface area (Å²) in [5, 5.41) is 2.73. The molecule has 0 aromatic heterocycles. The molecule has 18 heavy (non-hydrogen) atoms. The van der Waals surface area contributed by atoms with Gasteiger partial charge in [0.05, 0.1) is 5.56 Å². The largest absolute Gasteiger partial charge is 0.416 e. The summed E-state index contributed by atoms with van der Waals surface area (Å²) < 4.78 is 38.2. The molecule has 1 heterocycles. The van der Waals surface area contributed by atoms with Gasteiger partial charge in [0.25, 0.3) is 0 Å². The van der Waals surface area contributed by atoms with Crippen molar-refractivity contribution < 1.29 is 18.0 Å². The van der Waals surface area contributed by atoms with Crippen molar-refractivity contribution in [3.8, 4) is 0 Å². The fraction of sp³-hybridized carbons (Fsp3) is 0.462. The van der Waals surface area contributed by atoms with Crippen molar-refractivity contribution in [2.24, 2.45) is 0 Å². The number of nitrogens with one attached hydrogen (secondary N) is 1. The molecule has 5 heteroatoms. The van der Waals surface area contributed by atoms with Gasteiger partial charge in [0.1, 0.15) is 0 Å². The molecule has 1 aliphatic heterocycles. The first-order chi connectivity index (χ1) is 8.41. The summed E-state index contributed by atoms with van der Waals surface area (Å²) in [5.74, 6) is -0.0692. The Kier molecular flexibility index (Phi) is 2.24. The zero-order valence-electron chi connectivity index (χ0n) is 9.60. The second-order valence-corrected chi connectivity index (χ2v) is 5.10. The minimum Gasteiger partial charge on any atom is -0.355 e. The highest BCUT2D eigenvalue weighted by Gasteiger charge is 2.45. The lowest BCUT2D eigenvalue weighted by molar-refractivity contribution is -0.137. The normalized spacial score (nSPS) is 26.5. The van der Waals surface area contributed by atoms with Gasteiger partial charge in [-0.3, -0.25) is 4.79 Å². The third kappa shape index (κ3) is 1.61. The van der Waals surface area contributed by atoms with Crippen molar-refractivity contribution in [2.75, 3.05) is 6.54 Å². The van der Waals surface area contributed by atoms with Crippen LogP contribution in [0.3, 0.4) is 0 Å². The first kappa shape index (κ1) is 11.6. The highest BCUT2D eigenvalue weighted by atomic mass is 19.4. The van der Waals surface area contributed by atoms with E-state index >= 15 is 0 Å². The zero-order chi connectivity index (χ0) is 13.0. The van der Waals surface area contributed by atoms with Gasteiger partial charge in [0.2, 0.25) is 5.91 Å². The molecule has 96 valence electrons. The molecule has 1 N–H and O–H groups in total. The fourth-order valence-electron chi connectivity index (χ4n) is 3.04. The Morgan fingerprint density at radius 1 is 1.28 bits per heavy atom. The van der Waals surface area contributed by atoms with Crippen molar-refractivity contribution in [2.45, 2.75) is 30.9 Å². The summed E-state index contributed by atoms with van der Waals surface area (Å²) in [6.45, 7) is 0.458. The van der Waals surface area contributed by atoms with Gasteiger partial charge in [-0.05, 0) is 36.1 Å². The lowest BCUT2D eigenvalue weighted by Gasteiger charge is -2.23. The van der Waals surface area contributed by atoms with Crippen molar-refractivity contribution in [3.05, 3.63) is 34.9 Å². The van der Waals surface area contributed by atoms with Crippen LogP contribution in [0.2, 0.25) is 0 Å². The summed E-state index contributed by atoms with van der Waals surface area (Å²) in [6.07, 6.45) is -2.51. The molecule has 1 fully saturated rings. The van der Waals surface area contributed by atoms with Crippen molar-refractivity contribution >= 4 is 5.91 Å². The highest BCUT2D eigenvalue weighted by Crippen LogP contribution is 2.45. The van der Waals surface area contributed by atoms with Crippen molar-refractivity contribution in [3.63, 3.8) is 0 Å². The first-order valence-corrected chi connectivity index (χ1v) is 5.88. The Bertz CT molecular complexity index is 523. The van der Waals surface area contributed by atoms with Crippen LogP contribution in [0.15, 0.2) is 18.2 Å². The topological polar surface area (TPSA) is 29.1 Å². The van der Waals surface area contributed by atoms with Crippen LogP contribution in [0.4, 0.5) is 13.2 Å². The lowest BCUT2D eigenvalue weighted by atomic mass is 9.80. The van der Waals surface area contributed by atoms with Crippen LogP contribution in [0.25, 0.3) is 0 Å². The van der Waals surface area contributed by atoms with Crippen LogP contribution < -0.4 is 5.32 Å². The number of carbonyl (C=O) groups excluding carboxylic acids is 1. The third-order valence-electron chi connectivity index (χ3n) is 4.00. The number of carbonyl (C=O) groups is 1. The Morgan fingerprint density at radius 3 is 2.67 bits per heavy atom. The van der Waals surface area contributed by atoms with Gasteiger partial charge in [0.15, 0.2) is 0 Å². The molecule has 2 nitrogen and oxygen atoms in total. The zero-order valence-corrected chi connectivity index (χ0v) is 9.60. The Balaban J connectivity index is 2.07. The number of rotatable bonds is 0. The molecule has 1 aromatic rings. The van der Waals surface area contributed by atoms with Gasteiger partial charge >= 0.3 is 6.18 Å². The molecular weight excluding hydrogens is 243 g/mol. The highest BCUT2D eigenvalue weighted by molar-refractivity contribution is 5.81. The molecule has 1 unspecified atom stereocenters. The molecule has 1 saturated heterocycles. The maximum absolute atomic E-state index is 12.7. The van der Waals surface area contributed by atoms with Crippen LogP contribution in [-0.2, 0) is 22.8 Å². The predicted octanol–water partition coefficient (Wildman–Crippen LogP) is 2.41. The number of benzene rings is 1. The fourth-order valence-corrected chi connectivity index (χ4v) is 3.04. The van der Waals surface area contributed by atoms with E-state index in [2.05, 4.69) is 5.32 Å². The van der Waals surface area contributed by atoms with E-state index in [1.165, 1.54) is 6.07 Å². The second-order valence-electron chi connectivity index (χ2n) is 5.10. The van der Waals surface area contributed by atoms with Crippen molar-refractivity contribution in [1.82, 2.24) is 5.32 Å². The van der Waals surface area contributed by atoms with Crippen LogP contribution in [-0.4, -0.2) is 12.5 Å². The van der Waals surface area contributed by atoms with Gasteiger partial charge in [-0.1, -0.05) is 6.07 Å². The van der Waals surface area contributed by atoms with E-state index in [1.54, 1.807) is 6.07 Å². The van der Waals surface area contributed by atoms with E-state index in [9.17, 15) is 18.0 Å². The number of aryl methyl sites for hydroxylation is 1. The van der Waals surface area contributed by atoms with E-state index < -0.39 is 17.2 Å². The first-order valence-electron chi connectivity index (χ1n) is 5.88. The number of fused-ring (bicyclic) bond motifs is 2. The molecule has 1 atom stereocenters. The Labute approximate surface area is 102 Å². The molecule has 0 radical (unpaired) electrons. The quantitative estimate of drug-likeness (QED) is 0.757. The molecule has 0 bridgehead atoms. The second kappa shape index (κ2) is 3.49. The average Bonchev–Trinajstić information content (AvgIpc) is 2.84. The molecule has 1 aliphatic carbocycles. The van der Waals surface area contributed by atoms with E-state index in [1.807, 2.05) is 0 Å². The van der Waals surface area contributed by atoms with Crippen LogP contribution in [0.5, 0.6) is 0 Å². The molecule has 1 amide bonds. The summed E-state index contributed by atoms with van der Waals surface area (Å²) in [6, 6.07) is 3.90. The Hall–Kier alpha value is -1.52. The van der Waals surface area contributed by atoms with Crippen molar-refractivity contribution in [1.29, 1.82) is 0 Å². The van der Waals surface area contributed by atoms with E-state index in [-0.39, 0.29) is 5.91 Å². The molecule has 1 aromatic carbocycles. The SMILES string of the molecule is O=C1CC2(CCc3ccc(C(F)(F)F)cc32)CN1. The summed E-state index contributed by atoms with van der Waals surface area (Å²) >= 11 is 0. The number of amides is 1. The molecule has 2 aliphatic rings. The predicted molar refractivity (Wildman–Crippen MR) is 59.1 cm³/mol. The number of hydrogen-bond donors (Lipinski definition) is 1. The Morgan fingerprint density at radius 2 is 2.06 bits per heavy atom. The summed E-state index contributed by atoms with van der Waals surface area (Å²) in [4.78, 5) is 11.4. The van der Waals surface area contributed by atoms with Crippen LogP contribution >= 0.6 is 0 Å². The van der Waals surface area contributed by atoms with Crippen LogP contribution in [0.1, 0.15) is 29.5 Å². The standard InChI is InChI=1S/C13H12F3NO/c14-13(15,16)9-2-1-8-3-4-12(10(8)5-9)6-11(18)17-7-12/h1-2,5H,3-4,6-7H2,(H,17,18). The minimum atomic E-state index is -4.32. The molecule has 0 saturated carbocycles. The summed E-state index contributed by atoms with van der Waals surface area (Å²) in [5.41, 5.74) is 0.616. The molecule has 3 rings (SSSR count).